The summed E-state index contributed by atoms with van der Waals surface area (Å²) in [6.45, 7) is 0.696. The molecule has 1 aliphatic rings. The molecular weight excluding hydrogens is 354 g/mol. The van der Waals surface area contributed by atoms with E-state index in [0.717, 1.165) is 19.3 Å². The van der Waals surface area contributed by atoms with Crippen molar-refractivity contribution in [2.45, 2.75) is 32.1 Å². The fourth-order valence-electron chi connectivity index (χ4n) is 3.40. The number of carbonyl (C=O) groups is 3. The van der Waals surface area contributed by atoms with E-state index in [-0.39, 0.29) is 30.4 Å². The Morgan fingerprint density at radius 2 is 1.75 bits per heavy atom. The van der Waals surface area contributed by atoms with Gasteiger partial charge in [-0.3, -0.25) is 14.4 Å². The van der Waals surface area contributed by atoms with Crippen molar-refractivity contribution in [3.63, 3.8) is 0 Å². The van der Waals surface area contributed by atoms with Gasteiger partial charge in [-0.2, -0.15) is 0 Å². The summed E-state index contributed by atoms with van der Waals surface area (Å²) in [5.41, 5.74) is 9.42. The number of amides is 2. The average molecular weight is 379 g/mol. The topological polar surface area (TPSA) is 101 Å². The van der Waals surface area contributed by atoms with Crippen molar-refractivity contribution < 1.29 is 14.4 Å². The summed E-state index contributed by atoms with van der Waals surface area (Å²) in [6, 6.07) is 12.6. The lowest BCUT2D eigenvalue weighted by molar-refractivity contribution is -0.116. The predicted molar refractivity (Wildman–Crippen MR) is 108 cm³/mol. The minimum Gasteiger partial charge on any atom is -0.351 e. The lowest BCUT2D eigenvalue weighted by Gasteiger charge is -2.11. The first kappa shape index (κ1) is 19.8. The Morgan fingerprint density at radius 3 is 2.57 bits per heavy atom. The number of para-hydroxylation sites is 1. The number of anilines is 1. The Labute approximate surface area is 164 Å². The van der Waals surface area contributed by atoms with Gasteiger partial charge in [-0.15, -0.1) is 0 Å². The molecule has 0 heterocycles. The molecule has 1 aliphatic carbocycles. The molecule has 0 radical (unpaired) electrons. The van der Waals surface area contributed by atoms with Crippen molar-refractivity contribution in [1.29, 1.82) is 0 Å². The summed E-state index contributed by atoms with van der Waals surface area (Å²) in [5, 5.41) is 5.42. The van der Waals surface area contributed by atoms with Crippen LogP contribution in [0, 0.1) is 0 Å². The molecule has 28 heavy (non-hydrogen) atoms. The number of Topliss-reactive ketones (excluding diaryl/α,β-unsaturated/α-hetero) is 1. The fourth-order valence-corrected chi connectivity index (χ4v) is 3.40. The zero-order chi connectivity index (χ0) is 19.9. The lowest BCUT2D eigenvalue weighted by atomic mass is 10.0. The molecule has 0 bridgehead atoms. The van der Waals surface area contributed by atoms with Crippen LogP contribution < -0.4 is 16.4 Å². The van der Waals surface area contributed by atoms with E-state index in [4.69, 9.17) is 5.73 Å². The van der Waals surface area contributed by atoms with Crippen molar-refractivity contribution in [2.75, 3.05) is 18.4 Å². The summed E-state index contributed by atoms with van der Waals surface area (Å²) >= 11 is 0. The van der Waals surface area contributed by atoms with Crippen LogP contribution in [0.15, 0.2) is 42.5 Å². The van der Waals surface area contributed by atoms with Crippen molar-refractivity contribution in [1.82, 2.24) is 5.32 Å². The van der Waals surface area contributed by atoms with Crippen molar-refractivity contribution in [3.05, 3.63) is 64.7 Å². The number of nitrogens with one attached hydrogen (secondary N) is 2. The Morgan fingerprint density at radius 1 is 0.964 bits per heavy atom. The molecule has 2 amide bonds. The number of ketones is 1. The van der Waals surface area contributed by atoms with Crippen LogP contribution in [0.1, 0.15) is 51.1 Å². The summed E-state index contributed by atoms with van der Waals surface area (Å²) in [4.78, 5) is 36.9. The Hall–Kier alpha value is -2.99. The highest BCUT2D eigenvalue weighted by Crippen LogP contribution is 2.23. The molecule has 0 unspecified atom stereocenters. The number of hydrogen-bond donors (Lipinski definition) is 3. The van der Waals surface area contributed by atoms with Crippen molar-refractivity contribution >= 4 is 23.3 Å². The maximum atomic E-state index is 12.4. The number of nitrogens with two attached hydrogens (primary N) is 1. The van der Waals surface area contributed by atoms with Gasteiger partial charge in [-0.05, 0) is 48.6 Å². The Balaban J connectivity index is 1.57. The molecule has 0 aliphatic heterocycles. The molecule has 2 aromatic carbocycles. The molecule has 6 heteroatoms. The number of benzene rings is 2. The van der Waals surface area contributed by atoms with E-state index >= 15 is 0 Å². The van der Waals surface area contributed by atoms with E-state index in [1.165, 1.54) is 11.1 Å². The van der Waals surface area contributed by atoms with Crippen molar-refractivity contribution in [3.8, 4) is 0 Å². The van der Waals surface area contributed by atoms with Crippen LogP contribution in [0.3, 0.4) is 0 Å². The highest BCUT2D eigenvalue weighted by atomic mass is 16.2. The largest absolute Gasteiger partial charge is 0.351 e. The van der Waals surface area contributed by atoms with Crippen molar-refractivity contribution in [2.24, 2.45) is 5.73 Å². The molecule has 3 rings (SSSR count). The number of carbonyl (C=O) groups excluding carboxylic acids is 3. The first-order chi connectivity index (χ1) is 13.6. The van der Waals surface area contributed by atoms with Gasteiger partial charge < -0.3 is 16.4 Å². The zero-order valence-corrected chi connectivity index (χ0v) is 15.8. The van der Waals surface area contributed by atoms with Gasteiger partial charge in [0.25, 0.3) is 5.91 Å². The molecule has 0 spiro atoms. The SMILES string of the molecule is NCCNC(=O)c1ccccc1NC(=O)CCC(=O)c1ccc2c(c1)CCC2. The molecule has 0 saturated heterocycles. The molecule has 6 nitrogen and oxygen atoms in total. The predicted octanol–water partition coefficient (Wildman–Crippen LogP) is 2.47. The third-order valence-corrected chi connectivity index (χ3v) is 4.88. The molecule has 0 atom stereocenters. The monoisotopic (exact) mass is 379 g/mol. The number of aryl methyl sites for hydroxylation is 2. The highest BCUT2D eigenvalue weighted by molar-refractivity contribution is 6.05. The van der Waals surface area contributed by atoms with Crippen LogP contribution in [0.25, 0.3) is 0 Å². The van der Waals surface area contributed by atoms with Crippen LogP contribution in [0.5, 0.6) is 0 Å². The summed E-state index contributed by atoms with van der Waals surface area (Å²) in [5.74, 6) is -0.636. The minimum atomic E-state index is -0.298. The molecule has 146 valence electrons. The van der Waals surface area contributed by atoms with Crippen LogP contribution in [-0.2, 0) is 17.6 Å². The van der Waals surface area contributed by atoms with Gasteiger partial charge in [-0.25, -0.2) is 0 Å². The summed E-state index contributed by atoms with van der Waals surface area (Å²) in [7, 11) is 0. The minimum absolute atomic E-state index is 0.0428. The Bertz CT molecular complexity index is 892. The second-order valence-electron chi connectivity index (χ2n) is 6.90. The first-order valence-corrected chi connectivity index (χ1v) is 9.60. The van der Waals surface area contributed by atoms with Gasteiger partial charge >= 0.3 is 0 Å². The Kier molecular flexibility index (Phi) is 6.55. The van der Waals surface area contributed by atoms with E-state index in [1.807, 2.05) is 18.2 Å². The van der Waals surface area contributed by atoms with Crippen LogP contribution in [0.4, 0.5) is 5.69 Å². The zero-order valence-electron chi connectivity index (χ0n) is 15.8. The van der Waals surface area contributed by atoms with E-state index in [2.05, 4.69) is 10.6 Å². The molecule has 0 fully saturated rings. The van der Waals surface area contributed by atoms with E-state index in [9.17, 15) is 14.4 Å². The molecular formula is C22H25N3O3. The standard InChI is InChI=1S/C22H25N3O3/c23-12-13-24-22(28)18-6-1-2-7-19(18)25-21(27)11-10-20(26)17-9-8-15-4-3-5-16(15)14-17/h1-2,6-9,14H,3-5,10-13,23H2,(H,24,28)(H,25,27). The third kappa shape index (κ3) is 4.84. The normalized spacial score (nSPS) is 12.3. The first-order valence-electron chi connectivity index (χ1n) is 9.60. The van der Waals surface area contributed by atoms with Crippen LogP contribution >= 0.6 is 0 Å². The van der Waals surface area contributed by atoms with Crippen LogP contribution in [-0.4, -0.2) is 30.7 Å². The van der Waals surface area contributed by atoms with E-state index in [0.29, 0.717) is 29.9 Å². The second-order valence-corrected chi connectivity index (χ2v) is 6.90. The lowest BCUT2D eigenvalue weighted by Crippen LogP contribution is -2.30. The van der Waals surface area contributed by atoms with E-state index < -0.39 is 0 Å². The fraction of sp³-hybridized carbons (Fsp3) is 0.318. The van der Waals surface area contributed by atoms with Gasteiger partial charge in [0.1, 0.15) is 0 Å². The average Bonchev–Trinajstić information content (AvgIpc) is 3.18. The van der Waals surface area contributed by atoms with Gasteiger partial charge in [-0.1, -0.05) is 24.3 Å². The molecule has 2 aromatic rings. The van der Waals surface area contributed by atoms with Gasteiger partial charge in [0, 0.05) is 31.5 Å². The smallest absolute Gasteiger partial charge is 0.253 e. The number of hydrogen-bond acceptors (Lipinski definition) is 4. The van der Waals surface area contributed by atoms with E-state index in [1.54, 1.807) is 24.3 Å². The third-order valence-electron chi connectivity index (χ3n) is 4.88. The second kappa shape index (κ2) is 9.28. The molecule has 0 aromatic heterocycles. The molecule has 0 saturated carbocycles. The quantitative estimate of drug-likeness (QED) is 0.613. The highest BCUT2D eigenvalue weighted by Gasteiger charge is 2.16. The summed E-state index contributed by atoms with van der Waals surface area (Å²) in [6.07, 6.45) is 3.42. The van der Waals surface area contributed by atoms with Gasteiger partial charge in [0.15, 0.2) is 5.78 Å². The van der Waals surface area contributed by atoms with Gasteiger partial charge in [0.05, 0.1) is 11.3 Å². The van der Waals surface area contributed by atoms with Crippen LogP contribution in [0.2, 0.25) is 0 Å². The van der Waals surface area contributed by atoms with Gasteiger partial charge in [0.2, 0.25) is 5.91 Å². The maximum Gasteiger partial charge on any atom is 0.253 e. The summed E-state index contributed by atoms with van der Waals surface area (Å²) < 4.78 is 0. The molecule has 4 N–H and O–H groups in total. The number of fused-ring (bicyclic) bond motifs is 1. The number of rotatable bonds is 8. The maximum absolute atomic E-state index is 12.4.